The molecule has 0 atom stereocenters. The fraction of sp³-hybridized carbons (Fsp3) is 0.143. The Hall–Kier alpha value is -1.63. The van der Waals surface area contributed by atoms with Crippen molar-refractivity contribution in [3.8, 4) is 0 Å². The Morgan fingerprint density at radius 2 is 2.00 bits per heavy atom. The second-order valence-corrected chi connectivity index (χ2v) is 6.60. The Balaban J connectivity index is 2.47. The predicted octanol–water partition coefficient (Wildman–Crippen LogP) is 3.05. The largest absolute Gasteiger partial charge is 0.326 e. The SMILES string of the molecule is Cc1c(CN)cc(Cl)cc1S(=O)(=O)Nc1cccc(F)c1. The molecule has 112 valence electrons. The van der Waals surface area contributed by atoms with Crippen molar-refractivity contribution in [2.75, 3.05) is 4.72 Å². The summed E-state index contributed by atoms with van der Waals surface area (Å²) in [4.78, 5) is 0.0275. The average Bonchev–Trinajstić information content (AvgIpc) is 2.40. The van der Waals surface area contributed by atoms with Crippen LogP contribution < -0.4 is 10.5 Å². The molecule has 0 fully saturated rings. The van der Waals surface area contributed by atoms with Crippen molar-refractivity contribution in [2.24, 2.45) is 5.73 Å². The normalized spacial score (nSPS) is 11.4. The van der Waals surface area contributed by atoms with Crippen LogP contribution in [0.5, 0.6) is 0 Å². The third kappa shape index (κ3) is 3.53. The Morgan fingerprint density at radius 1 is 1.29 bits per heavy atom. The number of halogens is 2. The van der Waals surface area contributed by atoms with E-state index in [1.807, 2.05) is 0 Å². The highest BCUT2D eigenvalue weighted by atomic mass is 35.5. The van der Waals surface area contributed by atoms with Gasteiger partial charge in [-0.3, -0.25) is 4.72 Å². The Morgan fingerprint density at radius 3 is 2.62 bits per heavy atom. The molecule has 0 aliphatic carbocycles. The van der Waals surface area contributed by atoms with Crippen LogP contribution in [0.25, 0.3) is 0 Å². The summed E-state index contributed by atoms with van der Waals surface area (Å²) >= 11 is 5.93. The maximum absolute atomic E-state index is 13.1. The van der Waals surface area contributed by atoms with Crippen molar-refractivity contribution in [3.05, 3.63) is 58.4 Å². The number of hydrogen-bond acceptors (Lipinski definition) is 3. The molecule has 4 nitrogen and oxygen atoms in total. The van der Waals surface area contributed by atoms with E-state index in [0.717, 1.165) is 6.07 Å². The highest BCUT2D eigenvalue weighted by Crippen LogP contribution is 2.26. The number of rotatable bonds is 4. The van der Waals surface area contributed by atoms with Crippen LogP contribution in [0.4, 0.5) is 10.1 Å². The van der Waals surface area contributed by atoms with Crippen LogP contribution in [-0.2, 0) is 16.6 Å². The van der Waals surface area contributed by atoms with Gasteiger partial charge in [-0.25, -0.2) is 12.8 Å². The van der Waals surface area contributed by atoms with Crippen molar-refractivity contribution in [3.63, 3.8) is 0 Å². The molecule has 0 spiro atoms. The minimum atomic E-state index is -3.87. The van der Waals surface area contributed by atoms with Gasteiger partial charge in [-0.2, -0.15) is 0 Å². The smallest absolute Gasteiger partial charge is 0.262 e. The lowest BCUT2D eigenvalue weighted by atomic mass is 10.1. The molecule has 2 aromatic rings. The molecule has 0 unspecified atom stereocenters. The number of sulfonamides is 1. The summed E-state index contributed by atoms with van der Waals surface area (Å²) in [6.07, 6.45) is 0. The monoisotopic (exact) mass is 328 g/mol. The molecule has 0 aliphatic heterocycles. The summed E-state index contributed by atoms with van der Waals surface area (Å²) in [5.74, 6) is -0.527. The summed E-state index contributed by atoms with van der Waals surface area (Å²) in [7, 11) is -3.87. The lowest BCUT2D eigenvalue weighted by Crippen LogP contribution is -2.16. The van der Waals surface area contributed by atoms with Gasteiger partial charge in [-0.05, 0) is 48.4 Å². The van der Waals surface area contributed by atoms with E-state index in [9.17, 15) is 12.8 Å². The molecular weight excluding hydrogens is 315 g/mol. The molecule has 7 heteroatoms. The van der Waals surface area contributed by atoms with Gasteiger partial charge in [-0.1, -0.05) is 17.7 Å². The van der Waals surface area contributed by atoms with E-state index in [-0.39, 0.29) is 22.2 Å². The van der Waals surface area contributed by atoms with Crippen LogP contribution in [0.1, 0.15) is 11.1 Å². The summed E-state index contributed by atoms with van der Waals surface area (Å²) in [6.45, 7) is 1.83. The fourth-order valence-corrected chi connectivity index (χ4v) is 3.63. The van der Waals surface area contributed by atoms with Crippen LogP contribution in [0.15, 0.2) is 41.3 Å². The Labute approximate surface area is 127 Å². The summed E-state index contributed by atoms with van der Waals surface area (Å²) in [5.41, 5.74) is 6.88. The first-order valence-corrected chi connectivity index (χ1v) is 7.97. The van der Waals surface area contributed by atoms with Crippen LogP contribution in [0, 0.1) is 12.7 Å². The molecule has 2 aromatic carbocycles. The van der Waals surface area contributed by atoms with Gasteiger partial charge in [0.2, 0.25) is 0 Å². The van der Waals surface area contributed by atoms with Gasteiger partial charge in [-0.15, -0.1) is 0 Å². The van der Waals surface area contributed by atoms with Gasteiger partial charge in [0.05, 0.1) is 10.6 Å². The molecule has 0 aromatic heterocycles. The van der Waals surface area contributed by atoms with Crippen molar-refractivity contribution < 1.29 is 12.8 Å². The summed E-state index contributed by atoms with van der Waals surface area (Å²) in [6, 6.07) is 8.18. The van der Waals surface area contributed by atoms with E-state index < -0.39 is 15.8 Å². The molecule has 0 radical (unpaired) electrons. The molecular formula is C14H14ClFN2O2S. The lowest BCUT2D eigenvalue weighted by molar-refractivity contribution is 0.600. The van der Waals surface area contributed by atoms with E-state index in [1.165, 1.54) is 24.3 Å². The van der Waals surface area contributed by atoms with Crippen LogP contribution in [0.2, 0.25) is 5.02 Å². The van der Waals surface area contributed by atoms with Crippen molar-refractivity contribution >= 4 is 27.3 Å². The van der Waals surface area contributed by atoms with Crippen molar-refractivity contribution in [1.82, 2.24) is 0 Å². The van der Waals surface area contributed by atoms with Crippen molar-refractivity contribution in [2.45, 2.75) is 18.4 Å². The highest BCUT2D eigenvalue weighted by Gasteiger charge is 2.19. The zero-order valence-corrected chi connectivity index (χ0v) is 12.8. The molecule has 0 saturated carbocycles. The van der Waals surface area contributed by atoms with Gasteiger partial charge in [0.25, 0.3) is 10.0 Å². The first kappa shape index (κ1) is 15.8. The summed E-state index contributed by atoms with van der Waals surface area (Å²) in [5, 5.41) is 0.278. The summed E-state index contributed by atoms with van der Waals surface area (Å²) < 4.78 is 40.3. The lowest BCUT2D eigenvalue weighted by Gasteiger charge is -2.13. The number of hydrogen-bond donors (Lipinski definition) is 2. The van der Waals surface area contributed by atoms with E-state index in [2.05, 4.69) is 4.72 Å². The zero-order chi connectivity index (χ0) is 15.6. The Kier molecular flexibility index (Phi) is 4.51. The molecule has 0 aliphatic rings. The quantitative estimate of drug-likeness (QED) is 0.906. The maximum Gasteiger partial charge on any atom is 0.262 e. The first-order valence-electron chi connectivity index (χ1n) is 6.11. The number of nitrogens with two attached hydrogens (primary N) is 1. The minimum Gasteiger partial charge on any atom is -0.326 e. The molecule has 0 heterocycles. The average molecular weight is 329 g/mol. The third-order valence-electron chi connectivity index (χ3n) is 3.02. The number of anilines is 1. The van der Waals surface area contributed by atoms with Crippen LogP contribution in [-0.4, -0.2) is 8.42 Å². The van der Waals surface area contributed by atoms with Gasteiger partial charge in [0, 0.05) is 11.6 Å². The molecule has 0 bridgehead atoms. The van der Waals surface area contributed by atoms with Crippen LogP contribution >= 0.6 is 11.6 Å². The zero-order valence-electron chi connectivity index (χ0n) is 11.2. The molecule has 21 heavy (non-hydrogen) atoms. The van der Waals surface area contributed by atoms with E-state index in [4.69, 9.17) is 17.3 Å². The minimum absolute atomic E-state index is 0.0275. The molecule has 3 N–H and O–H groups in total. The third-order valence-corrected chi connectivity index (χ3v) is 4.74. The van der Waals surface area contributed by atoms with E-state index in [1.54, 1.807) is 13.0 Å². The Bertz CT molecular complexity index is 779. The maximum atomic E-state index is 13.1. The van der Waals surface area contributed by atoms with Crippen molar-refractivity contribution in [1.29, 1.82) is 0 Å². The highest BCUT2D eigenvalue weighted by molar-refractivity contribution is 7.92. The topological polar surface area (TPSA) is 72.2 Å². The standard InChI is InChI=1S/C14H14ClFN2O2S/c1-9-10(8-17)5-11(15)6-14(9)21(19,20)18-13-4-2-3-12(16)7-13/h2-7,18H,8,17H2,1H3. The first-order chi connectivity index (χ1) is 9.83. The van der Waals surface area contributed by atoms with Gasteiger partial charge in [0.1, 0.15) is 5.82 Å². The van der Waals surface area contributed by atoms with E-state index in [0.29, 0.717) is 11.1 Å². The number of benzene rings is 2. The molecule has 0 saturated heterocycles. The molecule has 2 rings (SSSR count). The van der Waals surface area contributed by atoms with Gasteiger partial charge >= 0.3 is 0 Å². The number of nitrogens with one attached hydrogen (secondary N) is 1. The molecule has 0 amide bonds. The van der Waals surface area contributed by atoms with Gasteiger partial charge < -0.3 is 5.73 Å². The second-order valence-electron chi connectivity index (χ2n) is 4.51. The predicted molar refractivity (Wildman–Crippen MR) is 81.3 cm³/mol. The second kappa shape index (κ2) is 6.01. The van der Waals surface area contributed by atoms with E-state index >= 15 is 0 Å². The fourth-order valence-electron chi connectivity index (χ4n) is 1.96. The van der Waals surface area contributed by atoms with Gasteiger partial charge in [0.15, 0.2) is 0 Å². The van der Waals surface area contributed by atoms with Crippen LogP contribution in [0.3, 0.4) is 0 Å².